The van der Waals surface area contributed by atoms with E-state index in [1.165, 1.54) is 12.1 Å². The van der Waals surface area contributed by atoms with Crippen LogP contribution in [0.2, 0.25) is 5.02 Å². The first kappa shape index (κ1) is 30.6. The summed E-state index contributed by atoms with van der Waals surface area (Å²) in [7, 11) is 0. The van der Waals surface area contributed by atoms with E-state index >= 15 is 0 Å². The van der Waals surface area contributed by atoms with Gasteiger partial charge in [-0.15, -0.1) is 0 Å². The number of ether oxygens (including phenoxy) is 1. The lowest BCUT2D eigenvalue weighted by atomic mass is 10.0. The smallest absolute Gasteiger partial charge is 0.397 e. The standard InChI is InChI=1S/C31H31ClF3N5O3/c32-25-15-21(10-11-24(25)31(33,34)35)38-30(42)29(37-13-14-40-17-23-16-22(40)18-43-23)20-8-5-19(6-9-20)7-12-28(41)39-27-4-2-1-3-26(27)36/h1-12,15,22-23,29,37H,13-14,16-18,36H2,(H,38,42)(H,39,41)/b12-7+/t22-,23-,29?/m0/s1. The molecule has 0 spiro atoms. The van der Waals surface area contributed by atoms with Gasteiger partial charge in [-0.05, 0) is 54.0 Å². The minimum Gasteiger partial charge on any atom is -0.397 e. The number of carbonyl (C=O) groups is 2. The van der Waals surface area contributed by atoms with Crippen molar-refractivity contribution in [3.8, 4) is 0 Å². The van der Waals surface area contributed by atoms with Crippen LogP contribution in [0.5, 0.6) is 0 Å². The fourth-order valence-corrected chi connectivity index (χ4v) is 5.55. The molecule has 0 radical (unpaired) electrons. The number of benzene rings is 3. The monoisotopic (exact) mass is 613 g/mol. The molecule has 0 aliphatic carbocycles. The molecule has 3 aromatic rings. The van der Waals surface area contributed by atoms with Crippen LogP contribution < -0.4 is 21.7 Å². The van der Waals surface area contributed by atoms with Gasteiger partial charge < -0.3 is 26.4 Å². The number of hydrogen-bond acceptors (Lipinski definition) is 6. The van der Waals surface area contributed by atoms with Gasteiger partial charge in [0.05, 0.1) is 34.7 Å². The van der Waals surface area contributed by atoms with Crippen LogP contribution in [0.4, 0.5) is 30.2 Å². The molecule has 2 bridgehead atoms. The van der Waals surface area contributed by atoms with Crippen LogP contribution in [0.25, 0.3) is 6.08 Å². The van der Waals surface area contributed by atoms with Crippen molar-refractivity contribution in [2.24, 2.45) is 0 Å². The molecular formula is C31H31ClF3N5O3. The maximum atomic E-state index is 13.4. The SMILES string of the molecule is Nc1ccccc1NC(=O)/C=C/c1ccc(C(NCCN2C[C@@H]3C[C@H]2CO3)C(=O)Nc2ccc(C(F)(F)F)c(Cl)c2)cc1. The van der Waals surface area contributed by atoms with Gasteiger partial charge >= 0.3 is 6.18 Å². The quantitative estimate of drug-likeness (QED) is 0.182. The summed E-state index contributed by atoms with van der Waals surface area (Å²) in [5, 5.41) is 8.20. The third-order valence-corrected chi connectivity index (χ3v) is 7.79. The normalized spacial score (nSPS) is 19.1. The lowest BCUT2D eigenvalue weighted by molar-refractivity contribution is -0.137. The predicted molar refractivity (Wildman–Crippen MR) is 161 cm³/mol. The molecule has 5 N–H and O–H groups in total. The van der Waals surface area contributed by atoms with Gasteiger partial charge in [-0.2, -0.15) is 13.2 Å². The van der Waals surface area contributed by atoms with Crippen LogP contribution in [0, 0.1) is 0 Å². The highest BCUT2D eigenvalue weighted by Crippen LogP contribution is 2.36. The minimum absolute atomic E-state index is 0.147. The zero-order valence-corrected chi connectivity index (χ0v) is 23.8. The Balaban J connectivity index is 1.27. The Morgan fingerprint density at radius 3 is 2.51 bits per heavy atom. The molecule has 226 valence electrons. The number of anilines is 3. The van der Waals surface area contributed by atoms with Gasteiger partial charge in [0.1, 0.15) is 6.04 Å². The van der Waals surface area contributed by atoms with Crippen molar-refractivity contribution < 1.29 is 27.5 Å². The molecule has 0 saturated carbocycles. The number of nitrogens with zero attached hydrogens (tertiary/aromatic N) is 1. The van der Waals surface area contributed by atoms with Crippen LogP contribution in [-0.2, 0) is 20.5 Å². The molecule has 2 heterocycles. The van der Waals surface area contributed by atoms with Gasteiger partial charge in [-0.3, -0.25) is 14.5 Å². The number of alkyl halides is 3. The van der Waals surface area contributed by atoms with E-state index in [9.17, 15) is 22.8 Å². The van der Waals surface area contributed by atoms with Gasteiger partial charge in [0.15, 0.2) is 0 Å². The highest BCUT2D eigenvalue weighted by molar-refractivity contribution is 6.31. The number of nitrogens with one attached hydrogen (secondary N) is 3. The predicted octanol–water partition coefficient (Wildman–Crippen LogP) is 5.34. The van der Waals surface area contributed by atoms with E-state index in [4.69, 9.17) is 22.1 Å². The summed E-state index contributed by atoms with van der Waals surface area (Å²) < 4.78 is 45.1. The zero-order valence-electron chi connectivity index (χ0n) is 23.0. The highest BCUT2D eigenvalue weighted by Gasteiger charge is 2.38. The Hall–Kier alpha value is -3.90. The molecule has 8 nitrogen and oxygen atoms in total. The number of nitrogen functional groups attached to an aromatic ring is 1. The van der Waals surface area contributed by atoms with Gasteiger partial charge in [0.2, 0.25) is 11.8 Å². The molecule has 2 aliphatic heterocycles. The molecule has 2 aliphatic rings. The van der Waals surface area contributed by atoms with Crippen LogP contribution >= 0.6 is 11.6 Å². The molecule has 2 saturated heterocycles. The average Bonchev–Trinajstić information content (AvgIpc) is 3.59. The summed E-state index contributed by atoms with van der Waals surface area (Å²) in [5.74, 6) is -0.803. The topological polar surface area (TPSA) is 109 Å². The first-order valence-electron chi connectivity index (χ1n) is 13.8. The molecule has 5 rings (SSSR count). The molecule has 43 heavy (non-hydrogen) atoms. The van der Waals surface area contributed by atoms with Crippen LogP contribution in [0.3, 0.4) is 0 Å². The molecule has 1 unspecified atom stereocenters. The summed E-state index contributed by atoms with van der Waals surface area (Å²) in [6.45, 7) is 2.76. The Bertz CT molecular complexity index is 1500. The van der Waals surface area contributed by atoms with Crippen molar-refractivity contribution in [3.63, 3.8) is 0 Å². The molecule has 0 aromatic heterocycles. The number of nitrogens with two attached hydrogens (primary N) is 1. The van der Waals surface area contributed by atoms with Crippen molar-refractivity contribution in [1.29, 1.82) is 0 Å². The Morgan fingerprint density at radius 2 is 1.86 bits per heavy atom. The van der Waals surface area contributed by atoms with E-state index in [1.54, 1.807) is 54.6 Å². The number of rotatable bonds is 10. The van der Waals surface area contributed by atoms with Crippen molar-refractivity contribution in [2.75, 3.05) is 42.6 Å². The summed E-state index contributed by atoms with van der Waals surface area (Å²) in [6, 6.07) is 16.7. The number of carbonyl (C=O) groups excluding carboxylic acids is 2. The van der Waals surface area contributed by atoms with E-state index in [-0.39, 0.29) is 17.7 Å². The van der Waals surface area contributed by atoms with Gasteiger partial charge in [0.25, 0.3) is 0 Å². The largest absolute Gasteiger partial charge is 0.417 e. The molecule has 3 aromatic carbocycles. The van der Waals surface area contributed by atoms with E-state index in [1.807, 2.05) is 0 Å². The first-order chi connectivity index (χ1) is 20.6. The van der Waals surface area contributed by atoms with Gasteiger partial charge in [-0.25, -0.2) is 0 Å². The third kappa shape index (κ3) is 7.74. The summed E-state index contributed by atoms with van der Waals surface area (Å²) in [4.78, 5) is 28.1. The number of morpholine rings is 1. The number of fused-ring (bicyclic) bond motifs is 2. The van der Waals surface area contributed by atoms with Gasteiger partial charge in [-0.1, -0.05) is 48.0 Å². The maximum Gasteiger partial charge on any atom is 0.417 e. The Labute approximate surface area is 252 Å². The Kier molecular flexibility index (Phi) is 9.36. The Morgan fingerprint density at radius 1 is 1.09 bits per heavy atom. The summed E-state index contributed by atoms with van der Waals surface area (Å²) >= 11 is 5.86. The van der Waals surface area contributed by atoms with Crippen LogP contribution in [-0.4, -0.2) is 55.1 Å². The molecule has 12 heteroatoms. The second-order valence-corrected chi connectivity index (χ2v) is 10.9. The summed E-state index contributed by atoms with van der Waals surface area (Å²) in [6.07, 6.45) is -0.331. The van der Waals surface area contributed by atoms with Crippen molar-refractivity contribution in [1.82, 2.24) is 10.2 Å². The fraction of sp³-hybridized carbons (Fsp3) is 0.290. The molecule has 3 atom stereocenters. The molecule has 2 amide bonds. The highest BCUT2D eigenvalue weighted by atomic mass is 35.5. The van der Waals surface area contributed by atoms with E-state index in [0.717, 1.165) is 30.7 Å². The number of para-hydroxylation sites is 2. The molecule has 2 fully saturated rings. The number of hydrogen-bond donors (Lipinski definition) is 4. The number of likely N-dealkylation sites (tertiary alicyclic amines) is 1. The fourth-order valence-electron chi connectivity index (χ4n) is 5.26. The van der Waals surface area contributed by atoms with E-state index < -0.39 is 28.7 Å². The maximum absolute atomic E-state index is 13.4. The average molecular weight is 614 g/mol. The molecular weight excluding hydrogens is 583 g/mol. The lowest BCUT2D eigenvalue weighted by Gasteiger charge is -2.27. The van der Waals surface area contributed by atoms with Crippen LogP contribution in [0.15, 0.2) is 72.8 Å². The second-order valence-electron chi connectivity index (χ2n) is 10.5. The van der Waals surface area contributed by atoms with E-state index in [2.05, 4.69) is 20.9 Å². The summed E-state index contributed by atoms with van der Waals surface area (Å²) in [5.41, 5.74) is 7.37. The van der Waals surface area contributed by atoms with Crippen LogP contribution in [0.1, 0.15) is 29.2 Å². The minimum atomic E-state index is -4.60. The van der Waals surface area contributed by atoms with E-state index in [0.29, 0.717) is 42.7 Å². The first-order valence-corrected chi connectivity index (χ1v) is 14.1. The van der Waals surface area contributed by atoms with Gasteiger partial charge in [0, 0.05) is 37.4 Å². The number of halogens is 4. The van der Waals surface area contributed by atoms with Crippen molar-refractivity contribution in [2.45, 2.75) is 30.8 Å². The van der Waals surface area contributed by atoms with Crippen molar-refractivity contribution >= 4 is 46.6 Å². The number of amides is 2. The second kappa shape index (κ2) is 13.2. The third-order valence-electron chi connectivity index (χ3n) is 7.48. The zero-order chi connectivity index (χ0) is 30.6. The van der Waals surface area contributed by atoms with Crippen molar-refractivity contribution in [3.05, 3.63) is 94.5 Å². The lowest BCUT2D eigenvalue weighted by Crippen LogP contribution is -2.43.